The average molecular weight is 422 g/mol. The van der Waals surface area contributed by atoms with Crippen LogP contribution < -0.4 is 5.32 Å². The van der Waals surface area contributed by atoms with Crippen LogP contribution in [-0.2, 0) is 4.79 Å². The Morgan fingerprint density at radius 3 is 2.50 bits per heavy atom. The Balaban J connectivity index is 1.74. The molecule has 1 atom stereocenters. The highest BCUT2D eigenvalue weighted by Crippen LogP contribution is 2.38. The van der Waals surface area contributed by atoms with Gasteiger partial charge in [-0.3, -0.25) is 15.1 Å². The lowest BCUT2D eigenvalue weighted by atomic mass is 9.99. The topological polar surface area (TPSA) is 68.0 Å². The van der Waals surface area contributed by atoms with Crippen LogP contribution in [0.3, 0.4) is 0 Å². The Morgan fingerprint density at radius 1 is 1.07 bits per heavy atom. The Bertz CT molecular complexity index is 1180. The fourth-order valence-electron chi connectivity index (χ4n) is 3.12. The van der Waals surface area contributed by atoms with Crippen LogP contribution in [0.2, 0.25) is 5.02 Å². The van der Waals surface area contributed by atoms with Gasteiger partial charge in [-0.2, -0.15) is 0 Å². The van der Waals surface area contributed by atoms with Crippen LogP contribution in [0.25, 0.3) is 22.4 Å². The van der Waals surface area contributed by atoms with Gasteiger partial charge >= 0.3 is 0 Å². The summed E-state index contributed by atoms with van der Waals surface area (Å²) in [5.41, 5.74) is 3.00. The van der Waals surface area contributed by atoms with Crippen LogP contribution in [0, 0.1) is 5.82 Å². The standard InChI is InChI=1S/C23H17ClFN3O2/c1-14(15-5-3-2-4-6-15)22(29)27-23-20(16-9-11-26-12-10-16)21(28-30-23)17-7-8-18(24)19(25)13-17/h2-14H,1H3,(H,27,29). The maximum absolute atomic E-state index is 14.0. The van der Waals surface area contributed by atoms with Crippen molar-refractivity contribution in [1.29, 1.82) is 0 Å². The molecule has 0 saturated heterocycles. The summed E-state index contributed by atoms with van der Waals surface area (Å²) in [7, 11) is 0. The number of aromatic nitrogens is 2. The van der Waals surface area contributed by atoms with Gasteiger partial charge in [-0.25, -0.2) is 4.39 Å². The fraction of sp³-hybridized carbons (Fsp3) is 0.0870. The van der Waals surface area contributed by atoms with E-state index in [9.17, 15) is 9.18 Å². The normalized spacial score (nSPS) is 11.8. The van der Waals surface area contributed by atoms with E-state index in [0.29, 0.717) is 16.8 Å². The van der Waals surface area contributed by atoms with Gasteiger partial charge in [-0.1, -0.05) is 53.2 Å². The van der Waals surface area contributed by atoms with Gasteiger partial charge in [-0.15, -0.1) is 0 Å². The molecule has 0 spiro atoms. The molecule has 0 saturated carbocycles. The average Bonchev–Trinajstić information content (AvgIpc) is 3.19. The Labute approximate surface area is 177 Å². The minimum atomic E-state index is -0.568. The van der Waals surface area contributed by atoms with Crippen molar-refractivity contribution in [2.75, 3.05) is 5.32 Å². The molecule has 4 aromatic rings. The third-order valence-electron chi connectivity index (χ3n) is 4.78. The van der Waals surface area contributed by atoms with Crippen LogP contribution in [0.4, 0.5) is 10.3 Å². The zero-order valence-corrected chi connectivity index (χ0v) is 16.7. The molecule has 1 amide bonds. The van der Waals surface area contributed by atoms with Crippen molar-refractivity contribution in [3.63, 3.8) is 0 Å². The number of anilines is 1. The van der Waals surface area contributed by atoms with Crippen molar-refractivity contribution >= 4 is 23.4 Å². The van der Waals surface area contributed by atoms with Gasteiger partial charge < -0.3 is 4.52 Å². The Morgan fingerprint density at radius 2 is 1.80 bits per heavy atom. The summed E-state index contributed by atoms with van der Waals surface area (Å²) in [5, 5.41) is 6.93. The van der Waals surface area contributed by atoms with Gasteiger partial charge in [0.05, 0.1) is 16.5 Å². The summed E-state index contributed by atoms with van der Waals surface area (Å²) < 4.78 is 19.5. The van der Waals surface area contributed by atoms with Crippen molar-refractivity contribution < 1.29 is 13.7 Å². The number of hydrogen-bond acceptors (Lipinski definition) is 4. The molecule has 7 heteroatoms. The molecule has 1 N–H and O–H groups in total. The van der Waals surface area contributed by atoms with E-state index >= 15 is 0 Å². The molecule has 0 bridgehead atoms. The summed E-state index contributed by atoms with van der Waals surface area (Å²) in [5.74, 6) is -1.04. The van der Waals surface area contributed by atoms with Gasteiger partial charge in [-0.05, 0) is 42.3 Å². The van der Waals surface area contributed by atoms with E-state index in [0.717, 1.165) is 11.1 Å². The predicted octanol–water partition coefficient (Wildman–Crippen LogP) is 5.94. The van der Waals surface area contributed by atoms with Gasteiger partial charge in [0.15, 0.2) is 0 Å². The molecule has 5 nitrogen and oxygen atoms in total. The largest absolute Gasteiger partial charge is 0.337 e. The van der Waals surface area contributed by atoms with Crippen LogP contribution >= 0.6 is 11.6 Å². The van der Waals surface area contributed by atoms with Gasteiger partial charge in [0.2, 0.25) is 11.8 Å². The molecule has 0 aliphatic heterocycles. The maximum Gasteiger partial charge on any atom is 0.239 e. The number of nitrogens with one attached hydrogen (secondary N) is 1. The molecule has 4 rings (SSSR count). The third-order valence-corrected chi connectivity index (χ3v) is 5.09. The van der Waals surface area contributed by atoms with Crippen molar-refractivity contribution in [2.45, 2.75) is 12.8 Å². The number of halogens is 2. The number of carbonyl (C=O) groups is 1. The predicted molar refractivity (Wildman–Crippen MR) is 114 cm³/mol. The van der Waals surface area contributed by atoms with E-state index in [2.05, 4.69) is 15.5 Å². The molecule has 30 heavy (non-hydrogen) atoms. The minimum Gasteiger partial charge on any atom is -0.337 e. The summed E-state index contributed by atoms with van der Waals surface area (Å²) in [6.45, 7) is 1.81. The van der Waals surface area contributed by atoms with Crippen molar-refractivity contribution in [1.82, 2.24) is 10.1 Å². The molecule has 1 unspecified atom stereocenters. The molecule has 0 fully saturated rings. The molecular formula is C23H17ClFN3O2. The van der Waals surface area contributed by atoms with E-state index in [1.807, 2.05) is 37.3 Å². The van der Waals surface area contributed by atoms with E-state index < -0.39 is 11.7 Å². The molecule has 0 aliphatic rings. The summed E-state index contributed by atoms with van der Waals surface area (Å²) in [6, 6.07) is 17.3. The summed E-state index contributed by atoms with van der Waals surface area (Å²) in [6.07, 6.45) is 3.24. The SMILES string of the molecule is CC(C(=O)Nc1onc(-c2ccc(Cl)c(F)c2)c1-c1ccncc1)c1ccccc1. The zero-order valence-electron chi connectivity index (χ0n) is 16.0. The van der Waals surface area contributed by atoms with Crippen LogP contribution in [0.15, 0.2) is 77.6 Å². The van der Waals surface area contributed by atoms with Crippen LogP contribution in [0.5, 0.6) is 0 Å². The fourth-order valence-corrected chi connectivity index (χ4v) is 3.23. The van der Waals surface area contributed by atoms with Crippen LogP contribution in [0.1, 0.15) is 18.4 Å². The highest BCUT2D eigenvalue weighted by atomic mass is 35.5. The monoisotopic (exact) mass is 421 g/mol. The van der Waals surface area contributed by atoms with E-state index in [4.69, 9.17) is 16.1 Å². The number of carbonyl (C=O) groups excluding carboxylic acids is 1. The van der Waals surface area contributed by atoms with Crippen molar-refractivity contribution in [3.8, 4) is 22.4 Å². The molecule has 2 aromatic heterocycles. The molecule has 0 aliphatic carbocycles. The number of rotatable bonds is 5. The quantitative estimate of drug-likeness (QED) is 0.433. The summed E-state index contributed by atoms with van der Waals surface area (Å²) in [4.78, 5) is 16.9. The number of hydrogen-bond donors (Lipinski definition) is 1. The Kier molecular flexibility index (Phi) is 5.59. The van der Waals surface area contributed by atoms with Crippen molar-refractivity contribution in [2.24, 2.45) is 0 Å². The second kappa shape index (κ2) is 8.47. The maximum atomic E-state index is 14.0. The second-order valence-electron chi connectivity index (χ2n) is 6.72. The number of pyridine rings is 1. The molecule has 0 radical (unpaired) electrons. The molecular weight excluding hydrogens is 405 g/mol. The minimum absolute atomic E-state index is 0.0120. The van der Waals surface area contributed by atoms with Crippen molar-refractivity contribution in [3.05, 3.63) is 89.5 Å². The third kappa shape index (κ3) is 3.95. The number of amides is 1. The first-order valence-corrected chi connectivity index (χ1v) is 9.63. The zero-order chi connectivity index (χ0) is 21.1. The first-order valence-electron chi connectivity index (χ1n) is 9.26. The molecule has 150 valence electrons. The highest BCUT2D eigenvalue weighted by Gasteiger charge is 2.24. The smallest absolute Gasteiger partial charge is 0.239 e. The van der Waals surface area contributed by atoms with Crippen LogP contribution in [-0.4, -0.2) is 16.0 Å². The summed E-state index contributed by atoms with van der Waals surface area (Å²) >= 11 is 5.81. The first kappa shape index (κ1) is 19.8. The first-order chi connectivity index (χ1) is 14.5. The number of nitrogens with zero attached hydrogens (tertiary/aromatic N) is 2. The van der Waals surface area contributed by atoms with E-state index in [1.54, 1.807) is 30.6 Å². The Hall–Kier alpha value is -3.51. The van der Waals surface area contributed by atoms with E-state index in [1.165, 1.54) is 12.1 Å². The lowest BCUT2D eigenvalue weighted by Crippen LogP contribution is -2.18. The molecule has 2 aromatic carbocycles. The van der Waals surface area contributed by atoms with Gasteiger partial charge in [0.25, 0.3) is 0 Å². The number of benzene rings is 2. The van der Waals surface area contributed by atoms with E-state index in [-0.39, 0.29) is 16.8 Å². The molecule has 2 heterocycles. The van der Waals surface area contributed by atoms with Gasteiger partial charge in [0.1, 0.15) is 11.5 Å². The second-order valence-corrected chi connectivity index (χ2v) is 7.13. The lowest BCUT2D eigenvalue weighted by molar-refractivity contribution is -0.117. The van der Waals surface area contributed by atoms with Gasteiger partial charge in [0, 0.05) is 18.0 Å². The highest BCUT2D eigenvalue weighted by molar-refractivity contribution is 6.30. The lowest BCUT2D eigenvalue weighted by Gasteiger charge is -2.12.